The zero-order chi connectivity index (χ0) is 20.7. The van der Waals surface area contributed by atoms with Crippen molar-refractivity contribution in [3.63, 3.8) is 0 Å². The van der Waals surface area contributed by atoms with E-state index in [1.807, 2.05) is 38.4 Å². The van der Waals surface area contributed by atoms with Gasteiger partial charge in [-0.1, -0.05) is 30.3 Å². The summed E-state index contributed by atoms with van der Waals surface area (Å²) >= 11 is 0. The summed E-state index contributed by atoms with van der Waals surface area (Å²) in [6.07, 6.45) is 3.49. The van der Waals surface area contributed by atoms with E-state index >= 15 is 0 Å². The van der Waals surface area contributed by atoms with Crippen LogP contribution in [-0.4, -0.2) is 44.6 Å². The third kappa shape index (κ3) is 3.25. The summed E-state index contributed by atoms with van der Waals surface area (Å²) in [5, 5.41) is 0. The van der Waals surface area contributed by atoms with Crippen molar-refractivity contribution in [1.29, 1.82) is 0 Å². The van der Waals surface area contributed by atoms with Crippen LogP contribution < -0.4 is 5.73 Å². The van der Waals surface area contributed by atoms with Crippen LogP contribution in [0.15, 0.2) is 36.7 Å². The molecule has 1 aliphatic heterocycles. The molecular formula is C22H27N5O3. The summed E-state index contributed by atoms with van der Waals surface area (Å²) in [7, 11) is 0. The van der Waals surface area contributed by atoms with Crippen molar-refractivity contribution >= 4 is 17.1 Å². The predicted octanol–water partition coefficient (Wildman–Crippen LogP) is 3.02. The maximum atomic E-state index is 6.45. The van der Waals surface area contributed by atoms with E-state index in [4.69, 9.17) is 19.9 Å². The number of hydrogen-bond donors (Lipinski definition) is 1. The van der Waals surface area contributed by atoms with Gasteiger partial charge < -0.3 is 24.5 Å². The Kier molecular flexibility index (Phi) is 4.92. The van der Waals surface area contributed by atoms with Gasteiger partial charge in [0.15, 0.2) is 11.9 Å². The van der Waals surface area contributed by atoms with Crippen LogP contribution in [0.3, 0.4) is 0 Å². The van der Waals surface area contributed by atoms with Crippen molar-refractivity contribution in [3.05, 3.63) is 47.9 Å². The number of hydrogen-bond acceptors (Lipinski definition) is 7. The summed E-state index contributed by atoms with van der Waals surface area (Å²) in [6, 6.07) is 10.3. The van der Waals surface area contributed by atoms with E-state index in [2.05, 4.69) is 31.7 Å². The normalized spacial score (nSPS) is 28.7. The Morgan fingerprint density at radius 2 is 2.07 bits per heavy atom. The SMILES string of the molecule is Cc1nc(N)nc2c1ncn2[C@H]1CC[C@@H](COCc2ccccc2)[C@@]12COC(C)O2. The average molecular weight is 409 g/mol. The molecule has 2 fully saturated rings. The van der Waals surface area contributed by atoms with Gasteiger partial charge in [-0.05, 0) is 32.3 Å². The van der Waals surface area contributed by atoms with Crippen LogP contribution in [0.4, 0.5) is 5.95 Å². The Labute approximate surface area is 175 Å². The predicted molar refractivity (Wildman–Crippen MR) is 112 cm³/mol. The first kappa shape index (κ1) is 19.4. The number of nitrogens with two attached hydrogens (primary N) is 1. The lowest BCUT2D eigenvalue weighted by Gasteiger charge is -2.35. The number of nitrogen functional groups attached to an aromatic ring is 1. The maximum absolute atomic E-state index is 6.45. The summed E-state index contributed by atoms with van der Waals surface area (Å²) < 4.78 is 20.6. The molecule has 8 nitrogen and oxygen atoms in total. The highest BCUT2D eigenvalue weighted by Gasteiger charge is 2.57. The molecule has 0 bridgehead atoms. The highest BCUT2D eigenvalue weighted by atomic mass is 16.7. The van der Waals surface area contributed by atoms with E-state index in [9.17, 15) is 0 Å². The van der Waals surface area contributed by atoms with E-state index in [0.29, 0.717) is 19.8 Å². The van der Waals surface area contributed by atoms with Gasteiger partial charge in [-0.2, -0.15) is 4.98 Å². The highest BCUT2D eigenvalue weighted by Crippen LogP contribution is 2.50. The fraction of sp³-hybridized carbons (Fsp3) is 0.500. The fourth-order valence-corrected chi connectivity index (χ4v) is 4.93. The van der Waals surface area contributed by atoms with Crippen LogP contribution in [-0.2, 0) is 20.8 Å². The minimum atomic E-state index is -0.475. The second-order valence-corrected chi connectivity index (χ2v) is 8.23. The number of aryl methyl sites for hydroxylation is 1. The Balaban J connectivity index is 1.42. The molecule has 2 aliphatic rings. The zero-order valence-electron chi connectivity index (χ0n) is 17.3. The van der Waals surface area contributed by atoms with Gasteiger partial charge in [0.05, 0.1) is 37.9 Å². The number of rotatable bonds is 5. The molecule has 0 radical (unpaired) electrons. The number of anilines is 1. The molecule has 0 amide bonds. The van der Waals surface area contributed by atoms with Gasteiger partial charge in [0.2, 0.25) is 5.95 Å². The van der Waals surface area contributed by atoms with Crippen molar-refractivity contribution in [3.8, 4) is 0 Å². The molecule has 3 heterocycles. The number of aromatic nitrogens is 4. The lowest BCUT2D eigenvalue weighted by Crippen LogP contribution is -2.45. The van der Waals surface area contributed by atoms with E-state index in [1.165, 1.54) is 5.56 Å². The van der Waals surface area contributed by atoms with Gasteiger partial charge >= 0.3 is 0 Å². The second kappa shape index (κ2) is 7.61. The molecule has 1 aliphatic carbocycles. The summed E-state index contributed by atoms with van der Waals surface area (Å²) in [4.78, 5) is 13.3. The first-order valence-corrected chi connectivity index (χ1v) is 10.4. The van der Waals surface area contributed by atoms with E-state index in [1.54, 1.807) is 0 Å². The Morgan fingerprint density at radius 1 is 1.23 bits per heavy atom. The van der Waals surface area contributed by atoms with Gasteiger partial charge in [0, 0.05) is 5.92 Å². The molecule has 1 unspecified atom stereocenters. The van der Waals surface area contributed by atoms with Crippen molar-refractivity contribution in [1.82, 2.24) is 19.5 Å². The van der Waals surface area contributed by atoms with Crippen LogP contribution in [0, 0.1) is 12.8 Å². The lowest BCUT2D eigenvalue weighted by atomic mass is 9.89. The molecule has 4 atom stereocenters. The molecule has 3 aromatic rings. The number of benzene rings is 1. The fourth-order valence-electron chi connectivity index (χ4n) is 4.93. The van der Waals surface area contributed by atoms with Gasteiger partial charge in [-0.15, -0.1) is 0 Å². The zero-order valence-corrected chi connectivity index (χ0v) is 17.3. The molecule has 2 N–H and O–H groups in total. The summed E-state index contributed by atoms with van der Waals surface area (Å²) in [6.45, 7) is 5.58. The van der Waals surface area contributed by atoms with Gasteiger partial charge in [-0.25, -0.2) is 9.97 Å². The van der Waals surface area contributed by atoms with Crippen molar-refractivity contribution < 1.29 is 14.2 Å². The molecule has 158 valence electrons. The molecule has 1 saturated heterocycles. The van der Waals surface area contributed by atoms with Gasteiger partial charge in [0.25, 0.3) is 0 Å². The van der Waals surface area contributed by atoms with Crippen LogP contribution in [0.25, 0.3) is 11.2 Å². The Bertz CT molecular complexity index is 1040. The van der Waals surface area contributed by atoms with Gasteiger partial charge in [0.1, 0.15) is 11.1 Å². The molecule has 1 aromatic carbocycles. The first-order valence-electron chi connectivity index (χ1n) is 10.4. The Hall–Kier alpha value is -2.55. The minimum Gasteiger partial charge on any atom is -0.376 e. The monoisotopic (exact) mass is 409 g/mol. The molecule has 1 spiro atoms. The van der Waals surface area contributed by atoms with Crippen molar-refractivity contribution in [2.24, 2.45) is 5.92 Å². The van der Waals surface area contributed by atoms with Crippen molar-refractivity contribution in [2.75, 3.05) is 18.9 Å². The van der Waals surface area contributed by atoms with Crippen LogP contribution in [0.5, 0.6) is 0 Å². The molecule has 8 heteroatoms. The van der Waals surface area contributed by atoms with Gasteiger partial charge in [-0.3, -0.25) is 0 Å². The maximum Gasteiger partial charge on any atom is 0.222 e. The second-order valence-electron chi connectivity index (χ2n) is 8.23. The number of fused-ring (bicyclic) bond motifs is 1. The topological polar surface area (TPSA) is 97.3 Å². The van der Waals surface area contributed by atoms with Crippen LogP contribution >= 0.6 is 0 Å². The van der Waals surface area contributed by atoms with Crippen molar-refractivity contribution in [2.45, 2.75) is 51.2 Å². The van der Waals surface area contributed by atoms with Crippen LogP contribution in [0.2, 0.25) is 0 Å². The first-order chi connectivity index (χ1) is 14.6. The number of nitrogens with zero attached hydrogens (tertiary/aromatic N) is 4. The molecule has 30 heavy (non-hydrogen) atoms. The number of ether oxygens (including phenoxy) is 3. The highest BCUT2D eigenvalue weighted by molar-refractivity contribution is 5.74. The number of imidazole rings is 1. The third-order valence-corrected chi connectivity index (χ3v) is 6.35. The third-order valence-electron chi connectivity index (χ3n) is 6.35. The smallest absolute Gasteiger partial charge is 0.222 e. The van der Waals surface area contributed by atoms with E-state index in [-0.39, 0.29) is 24.2 Å². The Morgan fingerprint density at radius 3 is 2.83 bits per heavy atom. The quantitative estimate of drug-likeness (QED) is 0.692. The average Bonchev–Trinajstić information content (AvgIpc) is 3.41. The molecular weight excluding hydrogens is 382 g/mol. The summed E-state index contributed by atoms with van der Waals surface area (Å²) in [5.74, 6) is 0.474. The van der Waals surface area contributed by atoms with Crippen LogP contribution in [0.1, 0.15) is 37.1 Å². The largest absolute Gasteiger partial charge is 0.376 e. The van der Waals surface area contributed by atoms with E-state index in [0.717, 1.165) is 29.7 Å². The standard InChI is InChI=1S/C22H27N5O3/c1-14-19-20(26-21(23)25-14)27(13-24-19)18-9-8-17(22(18)12-29-15(2)30-22)11-28-10-16-6-4-3-5-7-16/h3-7,13,15,17-18H,8-12H2,1-2H3,(H2,23,25,26)/t15?,17-,18-,22-/m0/s1. The lowest BCUT2D eigenvalue weighted by molar-refractivity contribution is -0.116. The molecule has 1 saturated carbocycles. The minimum absolute atomic E-state index is 0.0477. The molecule has 5 rings (SSSR count). The summed E-state index contributed by atoms with van der Waals surface area (Å²) in [5.41, 5.74) is 8.92. The van der Waals surface area contributed by atoms with E-state index < -0.39 is 5.60 Å². The molecule has 2 aromatic heterocycles.